The molecule has 1 atom stereocenters. The molecule has 2 rings (SSSR count). The van der Waals surface area contributed by atoms with Crippen LogP contribution in [0.2, 0.25) is 0 Å². The van der Waals surface area contributed by atoms with Gasteiger partial charge in [0.15, 0.2) is 0 Å². The number of nitrogens with one attached hydrogen (secondary N) is 1. The van der Waals surface area contributed by atoms with Crippen molar-refractivity contribution in [3.63, 3.8) is 0 Å². The van der Waals surface area contributed by atoms with E-state index in [4.69, 9.17) is 0 Å². The monoisotopic (exact) mass is 286 g/mol. The zero-order valence-corrected chi connectivity index (χ0v) is 11.8. The Hall–Kier alpha value is -2.40. The predicted molar refractivity (Wildman–Crippen MR) is 82.5 cm³/mol. The van der Waals surface area contributed by atoms with E-state index in [0.29, 0.717) is 12.1 Å². The Morgan fingerprint density at radius 2 is 1.95 bits per heavy atom. The Bertz CT molecular complexity index is 614. The number of hydrogen-bond acceptors (Lipinski definition) is 4. The van der Waals surface area contributed by atoms with Gasteiger partial charge in [0.2, 0.25) is 0 Å². The molecule has 5 nitrogen and oxygen atoms in total. The Labute approximate surface area is 123 Å². The molecule has 0 aliphatic heterocycles. The minimum absolute atomic E-state index is 0.0292. The maximum absolute atomic E-state index is 11.1. The largest absolute Gasteiger partial charge is 0.394 e. The Morgan fingerprint density at radius 3 is 2.57 bits per heavy atom. The molecule has 0 saturated heterocycles. The van der Waals surface area contributed by atoms with Crippen molar-refractivity contribution in [2.24, 2.45) is 0 Å². The fraction of sp³-hybridized carbons (Fsp3) is 0.250. The summed E-state index contributed by atoms with van der Waals surface area (Å²) in [4.78, 5) is 10.7. The smallest absolute Gasteiger partial charge is 0.292 e. The van der Waals surface area contributed by atoms with Crippen molar-refractivity contribution in [2.75, 3.05) is 11.9 Å². The van der Waals surface area contributed by atoms with Gasteiger partial charge in [-0.05, 0) is 30.5 Å². The van der Waals surface area contributed by atoms with Crippen LogP contribution >= 0.6 is 0 Å². The number of rotatable bonds is 6. The van der Waals surface area contributed by atoms with Gasteiger partial charge in [0.25, 0.3) is 5.69 Å². The van der Waals surface area contributed by atoms with Gasteiger partial charge in [-0.25, -0.2) is 0 Å². The number of hydrogen-bond donors (Lipinski definition) is 2. The van der Waals surface area contributed by atoms with Crippen LogP contribution in [0.4, 0.5) is 11.4 Å². The van der Waals surface area contributed by atoms with Crippen molar-refractivity contribution in [3.05, 3.63) is 69.8 Å². The molecule has 2 aromatic carbocycles. The van der Waals surface area contributed by atoms with Gasteiger partial charge in [-0.2, -0.15) is 0 Å². The summed E-state index contributed by atoms with van der Waals surface area (Å²) in [5.41, 5.74) is 2.36. The highest BCUT2D eigenvalue weighted by molar-refractivity contribution is 5.63. The summed E-state index contributed by atoms with van der Waals surface area (Å²) in [6.45, 7) is 1.71. The van der Waals surface area contributed by atoms with Crippen molar-refractivity contribution in [1.82, 2.24) is 0 Å². The Kier molecular flexibility index (Phi) is 4.90. The number of benzene rings is 2. The molecule has 0 heterocycles. The average molecular weight is 286 g/mol. The first-order valence-corrected chi connectivity index (χ1v) is 6.76. The summed E-state index contributed by atoms with van der Waals surface area (Å²) in [7, 11) is 0. The molecule has 0 aromatic heterocycles. The average Bonchev–Trinajstić information content (AvgIpc) is 2.49. The highest BCUT2D eigenvalue weighted by Gasteiger charge is 2.17. The number of anilines is 1. The third-order valence-corrected chi connectivity index (χ3v) is 3.25. The van der Waals surface area contributed by atoms with Gasteiger partial charge in [-0.15, -0.1) is 0 Å². The number of aliphatic hydroxyl groups excluding tert-OH is 1. The van der Waals surface area contributed by atoms with Gasteiger partial charge >= 0.3 is 0 Å². The van der Waals surface area contributed by atoms with E-state index in [1.807, 2.05) is 43.3 Å². The molecule has 0 bridgehead atoms. The zero-order valence-electron chi connectivity index (χ0n) is 11.8. The first kappa shape index (κ1) is 15.0. The molecule has 110 valence electrons. The lowest BCUT2D eigenvalue weighted by Crippen LogP contribution is -2.26. The molecule has 0 saturated carbocycles. The zero-order chi connectivity index (χ0) is 15.2. The molecule has 21 heavy (non-hydrogen) atoms. The molecule has 5 heteroatoms. The summed E-state index contributed by atoms with van der Waals surface area (Å²) < 4.78 is 0. The number of aliphatic hydroxyl groups is 1. The molecule has 0 aliphatic carbocycles. The molecule has 0 amide bonds. The molecule has 2 aromatic rings. The van der Waals surface area contributed by atoms with E-state index in [2.05, 4.69) is 5.32 Å². The first-order valence-electron chi connectivity index (χ1n) is 6.76. The van der Waals surface area contributed by atoms with Gasteiger partial charge in [0, 0.05) is 6.07 Å². The second-order valence-electron chi connectivity index (χ2n) is 4.99. The lowest BCUT2D eigenvalue weighted by molar-refractivity contribution is -0.384. The van der Waals surface area contributed by atoms with E-state index in [1.165, 1.54) is 6.07 Å². The predicted octanol–water partition coefficient (Wildman–Crippen LogP) is 2.92. The van der Waals surface area contributed by atoms with Gasteiger partial charge in [-0.3, -0.25) is 10.1 Å². The van der Waals surface area contributed by atoms with Crippen LogP contribution in [0.5, 0.6) is 0 Å². The lowest BCUT2D eigenvalue weighted by Gasteiger charge is -2.18. The van der Waals surface area contributed by atoms with Crippen LogP contribution in [0, 0.1) is 17.0 Å². The Balaban J connectivity index is 2.17. The summed E-state index contributed by atoms with van der Waals surface area (Å²) >= 11 is 0. The van der Waals surface area contributed by atoms with Crippen molar-refractivity contribution < 1.29 is 10.0 Å². The second-order valence-corrected chi connectivity index (χ2v) is 4.99. The first-order chi connectivity index (χ1) is 10.1. The molecule has 2 N–H and O–H groups in total. The molecule has 0 fully saturated rings. The number of nitro groups is 1. The van der Waals surface area contributed by atoms with Gasteiger partial charge in [0.05, 0.1) is 17.6 Å². The minimum Gasteiger partial charge on any atom is -0.394 e. The van der Waals surface area contributed by atoms with Crippen molar-refractivity contribution >= 4 is 11.4 Å². The van der Waals surface area contributed by atoms with E-state index in [-0.39, 0.29) is 18.3 Å². The van der Waals surface area contributed by atoms with Gasteiger partial charge in [0.1, 0.15) is 5.69 Å². The third kappa shape index (κ3) is 4.03. The van der Waals surface area contributed by atoms with Crippen LogP contribution in [0.25, 0.3) is 0 Å². The fourth-order valence-electron chi connectivity index (χ4n) is 2.19. The maximum Gasteiger partial charge on any atom is 0.292 e. The highest BCUT2D eigenvalue weighted by Crippen LogP contribution is 2.26. The second kappa shape index (κ2) is 6.85. The Morgan fingerprint density at radius 1 is 1.24 bits per heavy atom. The fourth-order valence-corrected chi connectivity index (χ4v) is 2.19. The SMILES string of the molecule is Cc1ccc(NC(CO)Cc2ccccc2)c([N+](=O)[O-])c1. The van der Waals surface area contributed by atoms with Gasteiger partial charge in [-0.1, -0.05) is 36.4 Å². The van der Waals surface area contributed by atoms with Gasteiger partial charge < -0.3 is 10.4 Å². The number of aryl methyl sites for hydroxylation is 1. The van der Waals surface area contributed by atoms with Crippen molar-refractivity contribution in [3.8, 4) is 0 Å². The standard InChI is InChI=1S/C16H18N2O3/c1-12-7-8-15(16(9-12)18(20)21)17-14(11-19)10-13-5-3-2-4-6-13/h2-9,14,17,19H,10-11H2,1H3. The van der Waals surface area contributed by atoms with E-state index in [1.54, 1.807) is 6.07 Å². The summed E-state index contributed by atoms with van der Waals surface area (Å²) in [5, 5.41) is 23.7. The van der Waals surface area contributed by atoms with Crippen LogP contribution in [-0.2, 0) is 6.42 Å². The summed E-state index contributed by atoms with van der Waals surface area (Å²) in [6, 6.07) is 14.5. The molecule has 0 aliphatic rings. The minimum atomic E-state index is -0.410. The lowest BCUT2D eigenvalue weighted by atomic mass is 10.1. The van der Waals surface area contributed by atoms with E-state index >= 15 is 0 Å². The van der Waals surface area contributed by atoms with Crippen LogP contribution in [0.15, 0.2) is 48.5 Å². The van der Waals surface area contributed by atoms with Crippen molar-refractivity contribution in [2.45, 2.75) is 19.4 Å². The topological polar surface area (TPSA) is 75.4 Å². The van der Waals surface area contributed by atoms with Crippen LogP contribution < -0.4 is 5.32 Å². The molecule has 0 radical (unpaired) electrons. The van der Waals surface area contributed by atoms with E-state index in [9.17, 15) is 15.2 Å². The third-order valence-electron chi connectivity index (χ3n) is 3.25. The molecular formula is C16H18N2O3. The van der Waals surface area contributed by atoms with Crippen LogP contribution in [0.1, 0.15) is 11.1 Å². The summed E-state index contributed by atoms with van der Waals surface area (Å²) in [5.74, 6) is 0. The number of nitro benzene ring substituents is 1. The van der Waals surface area contributed by atoms with E-state index < -0.39 is 4.92 Å². The molecule has 1 unspecified atom stereocenters. The quantitative estimate of drug-likeness (QED) is 0.632. The molecule has 0 spiro atoms. The van der Waals surface area contributed by atoms with Crippen LogP contribution in [0.3, 0.4) is 0 Å². The summed E-state index contributed by atoms with van der Waals surface area (Å²) in [6.07, 6.45) is 0.600. The van der Waals surface area contributed by atoms with E-state index in [0.717, 1.165) is 11.1 Å². The number of nitrogens with zero attached hydrogens (tertiary/aromatic N) is 1. The normalized spacial score (nSPS) is 11.9. The van der Waals surface area contributed by atoms with Crippen LogP contribution in [-0.4, -0.2) is 22.7 Å². The highest BCUT2D eigenvalue weighted by atomic mass is 16.6. The van der Waals surface area contributed by atoms with Crippen molar-refractivity contribution in [1.29, 1.82) is 0 Å². The maximum atomic E-state index is 11.1. The molecular weight excluding hydrogens is 268 g/mol.